The average Bonchev–Trinajstić information content (AvgIpc) is 3.48. The van der Waals surface area contributed by atoms with Gasteiger partial charge in [0.05, 0.1) is 17.1 Å². The summed E-state index contributed by atoms with van der Waals surface area (Å²) in [6.45, 7) is 6.40. The van der Waals surface area contributed by atoms with E-state index in [0.717, 1.165) is 37.0 Å². The highest BCUT2D eigenvalue weighted by molar-refractivity contribution is 6.31. The van der Waals surface area contributed by atoms with Crippen molar-refractivity contribution in [1.82, 2.24) is 29.0 Å². The van der Waals surface area contributed by atoms with Crippen molar-refractivity contribution in [2.24, 2.45) is 0 Å². The van der Waals surface area contributed by atoms with Crippen LogP contribution in [-0.4, -0.2) is 66.9 Å². The second kappa shape index (κ2) is 8.77. The molecule has 180 valence electrons. The van der Waals surface area contributed by atoms with Gasteiger partial charge in [0, 0.05) is 38.3 Å². The maximum absolute atomic E-state index is 13.8. The van der Waals surface area contributed by atoms with Gasteiger partial charge in [-0.1, -0.05) is 16.8 Å². The van der Waals surface area contributed by atoms with Gasteiger partial charge >= 0.3 is 0 Å². The first-order valence-electron chi connectivity index (χ1n) is 11.3. The van der Waals surface area contributed by atoms with Gasteiger partial charge in [-0.25, -0.2) is 4.98 Å². The molecule has 34 heavy (non-hydrogen) atoms. The predicted molar refractivity (Wildman–Crippen MR) is 127 cm³/mol. The van der Waals surface area contributed by atoms with Gasteiger partial charge in [0.2, 0.25) is 5.82 Å². The summed E-state index contributed by atoms with van der Waals surface area (Å²) < 4.78 is 14.3. The number of aromatic nitrogens is 5. The van der Waals surface area contributed by atoms with Crippen LogP contribution in [0.2, 0.25) is 5.02 Å². The number of piperidine rings is 1. The molecule has 1 aliphatic heterocycles. The Morgan fingerprint density at radius 3 is 2.74 bits per heavy atom. The number of rotatable bonds is 6. The number of methoxy groups -OCH3 is 1. The van der Waals surface area contributed by atoms with Crippen LogP contribution in [0.1, 0.15) is 32.6 Å². The summed E-state index contributed by atoms with van der Waals surface area (Å²) in [7, 11) is 1.56. The van der Waals surface area contributed by atoms with Crippen molar-refractivity contribution in [3.63, 3.8) is 0 Å². The minimum atomic E-state index is -0.771. The molecule has 5 rings (SSSR count). The Kier molecular flexibility index (Phi) is 5.93. The molecule has 11 heteroatoms. The quantitative estimate of drug-likeness (QED) is 0.443. The fourth-order valence-electron chi connectivity index (χ4n) is 4.31. The Hall–Kier alpha value is -2.79. The number of fused-ring (bicyclic) bond motifs is 3. The zero-order valence-corrected chi connectivity index (χ0v) is 20.1. The average molecular weight is 487 g/mol. The molecule has 1 aliphatic rings. The molecular formula is C23H27ClN6O4. The number of nitrogens with zero attached hydrogens (tertiary/aromatic N) is 6. The minimum absolute atomic E-state index is 0.211. The zero-order chi connectivity index (χ0) is 24.0. The van der Waals surface area contributed by atoms with Gasteiger partial charge in [-0.15, -0.1) is 0 Å². The van der Waals surface area contributed by atoms with E-state index in [1.165, 1.54) is 0 Å². The normalized spacial score (nSPS) is 16.1. The Bertz CT molecular complexity index is 1400. The highest BCUT2D eigenvalue weighted by Gasteiger charge is 2.29. The van der Waals surface area contributed by atoms with E-state index in [4.69, 9.17) is 20.9 Å². The lowest BCUT2D eigenvalue weighted by molar-refractivity contribution is -0.00786. The van der Waals surface area contributed by atoms with E-state index in [-0.39, 0.29) is 17.5 Å². The van der Waals surface area contributed by atoms with Crippen LogP contribution in [0.4, 0.5) is 0 Å². The van der Waals surface area contributed by atoms with Crippen molar-refractivity contribution in [1.29, 1.82) is 0 Å². The summed E-state index contributed by atoms with van der Waals surface area (Å²) >= 11 is 6.30. The summed E-state index contributed by atoms with van der Waals surface area (Å²) in [5.41, 5.74) is 1.25. The molecular weight excluding hydrogens is 460 g/mol. The Labute approximate surface area is 200 Å². The van der Waals surface area contributed by atoms with E-state index in [1.807, 2.05) is 19.9 Å². The Balaban J connectivity index is 1.62. The van der Waals surface area contributed by atoms with Gasteiger partial charge in [0.25, 0.3) is 11.4 Å². The number of likely N-dealkylation sites (tertiary alicyclic amines) is 1. The third-order valence-electron chi connectivity index (χ3n) is 6.56. The van der Waals surface area contributed by atoms with Crippen LogP contribution < -0.4 is 5.56 Å². The van der Waals surface area contributed by atoms with E-state index < -0.39 is 5.60 Å². The second-order valence-corrected chi connectivity index (χ2v) is 9.55. The predicted octanol–water partition coefficient (Wildman–Crippen LogP) is 2.69. The molecule has 1 N–H and O–H groups in total. The molecule has 0 atom stereocenters. The smallest absolute Gasteiger partial charge is 0.277 e. The van der Waals surface area contributed by atoms with Crippen molar-refractivity contribution in [3.8, 4) is 11.5 Å². The first kappa shape index (κ1) is 23.0. The number of aliphatic hydroxyl groups is 1. The first-order chi connectivity index (χ1) is 16.3. The Morgan fingerprint density at radius 1 is 1.24 bits per heavy atom. The monoisotopic (exact) mass is 486 g/mol. The molecule has 0 aliphatic carbocycles. The molecule has 0 amide bonds. The highest BCUT2D eigenvalue weighted by atomic mass is 35.5. The third kappa shape index (κ3) is 4.00. The van der Waals surface area contributed by atoms with Crippen LogP contribution >= 0.6 is 11.6 Å². The lowest BCUT2D eigenvalue weighted by atomic mass is 10.1. The van der Waals surface area contributed by atoms with Crippen molar-refractivity contribution in [2.75, 3.05) is 26.7 Å². The van der Waals surface area contributed by atoms with Crippen LogP contribution in [0.3, 0.4) is 0 Å². The summed E-state index contributed by atoms with van der Waals surface area (Å²) in [6, 6.07) is 5.46. The van der Waals surface area contributed by atoms with Crippen molar-refractivity contribution in [3.05, 3.63) is 45.8 Å². The maximum atomic E-state index is 13.8. The Morgan fingerprint density at radius 2 is 2.00 bits per heavy atom. The SMILES string of the molecule is COC(C)(C)c1nc(-c2ncn3c2c(=O)n(CCN2CCC(O)CC2)c2cc(Cl)ccc23)no1. The fraction of sp³-hybridized carbons (Fsp3) is 0.478. The van der Waals surface area contributed by atoms with Gasteiger partial charge in [-0.05, 0) is 44.9 Å². The van der Waals surface area contributed by atoms with Crippen molar-refractivity contribution < 1.29 is 14.4 Å². The molecule has 3 aromatic heterocycles. The van der Waals surface area contributed by atoms with E-state index in [1.54, 1.807) is 34.5 Å². The largest absolute Gasteiger partial charge is 0.393 e. The summed E-state index contributed by atoms with van der Waals surface area (Å²) in [5.74, 6) is 0.524. The highest BCUT2D eigenvalue weighted by Crippen LogP contribution is 2.27. The van der Waals surface area contributed by atoms with Crippen LogP contribution in [0, 0.1) is 0 Å². The lowest BCUT2D eigenvalue weighted by Crippen LogP contribution is -2.39. The molecule has 0 bridgehead atoms. The zero-order valence-electron chi connectivity index (χ0n) is 19.4. The molecule has 10 nitrogen and oxygen atoms in total. The topological polar surface area (TPSA) is 111 Å². The summed E-state index contributed by atoms with van der Waals surface area (Å²) in [6.07, 6.45) is 2.83. The van der Waals surface area contributed by atoms with Crippen molar-refractivity contribution in [2.45, 2.75) is 44.9 Å². The number of halogens is 1. The van der Waals surface area contributed by atoms with Gasteiger partial charge in [-0.2, -0.15) is 4.98 Å². The molecule has 0 unspecified atom stereocenters. The molecule has 1 fully saturated rings. The van der Waals surface area contributed by atoms with E-state index >= 15 is 0 Å². The van der Waals surface area contributed by atoms with Crippen LogP contribution in [0.25, 0.3) is 28.1 Å². The number of imidazole rings is 1. The molecule has 0 radical (unpaired) electrons. The van der Waals surface area contributed by atoms with Gasteiger partial charge in [-0.3, -0.25) is 9.20 Å². The first-order valence-corrected chi connectivity index (χ1v) is 11.7. The lowest BCUT2D eigenvalue weighted by Gasteiger charge is -2.29. The molecule has 1 saturated heterocycles. The van der Waals surface area contributed by atoms with E-state index in [0.29, 0.717) is 35.2 Å². The molecule has 0 saturated carbocycles. The van der Waals surface area contributed by atoms with Crippen LogP contribution in [0.15, 0.2) is 33.8 Å². The number of benzene rings is 1. The molecule has 4 heterocycles. The molecule has 4 aromatic rings. The van der Waals surface area contributed by atoms with Gasteiger partial charge in [0.15, 0.2) is 0 Å². The second-order valence-electron chi connectivity index (χ2n) is 9.11. The van der Waals surface area contributed by atoms with Gasteiger partial charge in [0.1, 0.15) is 23.1 Å². The number of ether oxygens (including phenoxy) is 1. The van der Waals surface area contributed by atoms with Gasteiger partial charge < -0.3 is 23.8 Å². The summed E-state index contributed by atoms with van der Waals surface area (Å²) in [5, 5.41) is 14.4. The van der Waals surface area contributed by atoms with Crippen molar-refractivity contribution >= 4 is 28.2 Å². The number of aliphatic hydroxyl groups excluding tert-OH is 1. The van der Waals surface area contributed by atoms with E-state index in [2.05, 4.69) is 20.0 Å². The maximum Gasteiger partial charge on any atom is 0.277 e. The standard InChI is InChI=1S/C23H27ClN6O4/c1-23(2,33-3)22-26-20(27-34-22)18-19-21(32)29(11-10-28-8-6-15(31)7-9-28)17-12-14(24)4-5-16(17)30(19)13-25-18/h4-5,12-13,15,31H,6-11H2,1-3H3. The molecule has 1 aromatic carbocycles. The number of hydrogen-bond donors (Lipinski definition) is 1. The van der Waals surface area contributed by atoms with Crippen LogP contribution in [-0.2, 0) is 16.9 Å². The number of hydrogen-bond acceptors (Lipinski definition) is 8. The molecule has 0 spiro atoms. The fourth-order valence-corrected chi connectivity index (χ4v) is 4.48. The minimum Gasteiger partial charge on any atom is -0.393 e. The summed E-state index contributed by atoms with van der Waals surface area (Å²) in [4.78, 5) is 25.0. The van der Waals surface area contributed by atoms with E-state index in [9.17, 15) is 9.90 Å². The third-order valence-corrected chi connectivity index (χ3v) is 6.80. The van der Waals surface area contributed by atoms with Crippen LogP contribution in [0.5, 0.6) is 0 Å².